The van der Waals surface area contributed by atoms with Crippen molar-refractivity contribution in [2.45, 2.75) is 44.1 Å². The quantitative estimate of drug-likeness (QED) is 0.524. The van der Waals surface area contributed by atoms with E-state index in [0.29, 0.717) is 25.1 Å². The summed E-state index contributed by atoms with van der Waals surface area (Å²) in [6.07, 6.45) is 3.23. The molecule has 0 saturated carbocycles. The van der Waals surface area contributed by atoms with Crippen LogP contribution in [0.1, 0.15) is 45.7 Å². The van der Waals surface area contributed by atoms with Crippen LogP contribution >= 0.6 is 0 Å². The van der Waals surface area contributed by atoms with Gasteiger partial charge in [0.2, 0.25) is 0 Å². The number of carboxylic acids is 1. The molecule has 11 nitrogen and oxygen atoms in total. The molecule has 1 atom stereocenters. The van der Waals surface area contributed by atoms with Crippen LogP contribution in [0.4, 0.5) is 0 Å². The van der Waals surface area contributed by atoms with Gasteiger partial charge in [-0.05, 0) is 30.9 Å². The normalized spacial score (nSPS) is 18.8. The number of fused-ring (bicyclic) bond motifs is 1. The fourth-order valence-electron chi connectivity index (χ4n) is 4.10. The highest BCUT2D eigenvalue weighted by atomic mass is 16.5. The van der Waals surface area contributed by atoms with Crippen molar-refractivity contribution in [2.75, 3.05) is 13.1 Å². The summed E-state index contributed by atoms with van der Waals surface area (Å²) in [5.41, 5.74) is 6.64. The molecule has 1 saturated heterocycles. The van der Waals surface area contributed by atoms with E-state index >= 15 is 0 Å². The second-order valence-electron chi connectivity index (χ2n) is 8.25. The van der Waals surface area contributed by atoms with Gasteiger partial charge in [0.25, 0.3) is 5.91 Å². The Labute approximate surface area is 184 Å². The zero-order valence-electron chi connectivity index (χ0n) is 17.4. The molecule has 2 aromatic rings. The number of carbonyl (C=O) groups excluding carboxylic acids is 2. The molecule has 32 heavy (non-hydrogen) atoms. The Morgan fingerprint density at radius 1 is 1.25 bits per heavy atom. The van der Waals surface area contributed by atoms with Crippen LogP contribution in [0.5, 0.6) is 5.75 Å². The highest BCUT2D eigenvalue weighted by Gasteiger charge is 2.37. The van der Waals surface area contributed by atoms with E-state index in [9.17, 15) is 24.5 Å². The zero-order chi connectivity index (χ0) is 22.8. The number of ketones is 1. The number of nitrogens with two attached hydrogens (primary N) is 1. The van der Waals surface area contributed by atoms with E-state index in [2.05, 4.69) is 10.3 Å². The van der Waals surface area contributed by atoms with Crippen molar-refractivity contribution in [2.24, 2.45) is 5.73 Å². The smallest absolute Gasteiger partial charge is 0.526 e. The van der Waals surface area contributed by atoms with Crippen molar-refractivity contribution in [1.29, 1.82) is 0 Å². The number of piperidine rings is 1. The van der Waals surface area contributed by atoms with Crippen molar-refractivity contribution in [3.63, 3.8) is 0 Å². The number of aromatic carboxylic acids is 1. The van der Waals surface area contributed by atoms with Crippen LogP contribution in [0.15, 0.2) is 24.4 Å². The van der Waals surface area contributed by atoms with Crippen LogP contribution in [-0.2, 0) is 17.8 Å². The van der Waals surface area contributed by atoms with Crippen LogP contribution in [0.25, 0.3) is 0 Å². The number of aromatic nitrogens is 3. The minimum absolute atomic E-state index is 0.00502. The molecule has 3 heterocycles. The van der Waals surface area contributed by atoms with Gasteiger partial charge < -0.3 is 25.4 Å². The molecule has 2 aliphatic heterocycles. The largest absolute Gasteiger partial charge is 0.535 e. The topological polar surface area (TPSA) is 161 Å². The van der Waals surface area contributed by atoms with Crippen molar-refractivity contribution in [3.8, 4) is 5.75 Å². The average molecular weight is 441 g/mol. The van der Waals surface area contributed by atoms with Gasteiger partial charge in [0.1, 0.15) is 12.3 Å². The van der Waals surface area contributed by atoms with E-state index in [1.54, 1.807) is 17.0 Å². The molecular weight excluding hydrogens is 417 g/mol. The maximum absolute atomic E-state index is 12.6. The van der Waals surface area contributed by atoms with Crippen molar-refractivity contribution < 1.29 is 29.2 Å². The first-order valence-corrected chi connectivity index (χ1v) is 10.5. The number of benzene rings is 1. The van der Waals surface area contributed by atoms with E-state index in [1.807, 2.05) is 0 Å². The molecule has 0 aliphatic carbocycles. The van der Waals surface area contributed by atoms with Gasteiger partial charge in [0.15, 0.2) is 11.5 Å². The van der Waals surface area contributed by atoms with Gasteiger partial charge in [-0.15, -0.1) is 5.10 Å². The molecule has 1 aromatic heterocycles. The summed E-state index contributed by atoms with van der Waals surface area (Å²) in [5.74, 6) is -2.00. The highest BCUT2D eigenvalue weighted by Crippen LogP contribution is 2.36. The Morgan fingerprint density at radius 3 is 2.72 bits per heavy atom. The van der Waals surface area contributed by atoms with E-state index in [-0.39, 0.29) is 47.7 Å². The third-order valence-electron chi connectivity index (χ3n) is 5.86. The fourth-order valence-corrected chi connectivity index (χ4v) is 4.10. The lowest BCUT2D eigenvalue weighted by Gasteiger charge is -2.29. The van der Waals surface area contributed by atoms with E-state index < -0.39 is 18.9 Å². The predicted molar refractivity (Wildman–Crippen MR) is 112 cm³/mol. The van der Waals surface area contributed by atoms with Crippen molar-refractivity contribution >= 4 is 24.8 Å². The molecule has 0 bridgehead atoms. The number of para-hydroxylation sites is 1. The van der Waals surface area contributed by atoms with Crippen molar-refractivity contribution in [3.05, 3.63) is 41.2 Å². The third kappa shape index (κ3) is 4.65. The van der Waals surface area contributed by atoms with Crippen LogP contribution in [0.2, 0.25) is 5.82 Å². The average Bonchev–Trinajstić information content (AvgIpc) is 3.22. The van der Waals surface area contributed by atoms with Crippen molar-refractivity contribution in [1.82, 2.24) is 19.9 Å². The lowest BCUT2D eigenvalue weighted by Crippen LogP contribution is -2.43. The Balaban J connectivity index is 1.36. The molecule has 1 fully saturated rings. The number of hydrogen-bond acceptors (Lipinski definition) is 8. The van der Waals surface area contributed by atoms with E-state index in [0.717, 1.165) is 12.8 Å². The summed E-state index contributed by atoms with van der Waals surface area (Å²) in [7, 11) is -1.30. The molecule has 168 valence electrons. The second kappa shape index (κ2) is 9.09. The monoisotopic (exact) mass is 441 g/mol. The number of rotatable bonds is 6. The maximum Gasteiger partial charge on any atom is 0.526 e. The number of likely N-dealkylation sites (tertiary alicyclic amines) is 1. The van der Waals surface area contributed by atoms with Crippen LogP contribution < -0.4 is 10.4 Å². The third-order valence-corrected chi connectivity index (χ3v) is 5.86. The van der Waals surface area contributed by atoms with Crippen LogP contribution in [0.3, 0.4) is 0 Å². The fraction of sp³-hybridized carbons (Fsp3) is 0.450. The summed E-state index contributed by atoms with van der Waals surface area (Å²) in [6, 6.07) is 4.83. The molecule has 0 spiro atoms. The Bertz CT molecular complexity index is 1040. The second-order valence-corrected chi connectivity index (χ2v) is 8.25. The highest BCUT2D eigenvalue weighted by molar-refractivity contribution is 6.47. The van der Waals surface area contributed by atoms with Gasteiger partial charge in [-0.3, -0.25) is 9.59 Å². The number of hydrogen-bond donors (Lipinski definition) is 3. The molecule has 1 aromatic carbocycles. The summed E-state index contributed by atoms with van der Waals surface area (Å²) >= 11 is 0. The molecule has 4 rings (SSSR count). The molecule has 12 heteroatoms. The molecule has 0 radical (unpaired) electrons. The predicted octanol–water partition coefficient (Wildman–Crippen LogP) is -0.0154. The first kappa shape index (κ1) is 22.0. The van der Waals surface area contributed by atoms with Gasteiger partial charge in [-0.2, -0.15) is 0 Å². The zero-order valence-corrected chi connectivity index (χ0v) is 17.4. The summed E-state index contributed by atoms with van der Waals surface area (Å²) in [5, 5.41) is 27.4. The summed E-state index contributed by atoms with van der Waals surface area (Å²) in [4.78, 5) is 38.1. The van der Waals surface area contributed by atoms with Gasteiger partial charge in [-0.1, -0.05) is 17.3 Å². The van der Waals surface area contributed by atoms with E-state index in [1.165, 1.54) is 16.9 Å². The Hall–Kier alpha value is -3.25. The van der Waals surface area contributed by atoms with Gasteiger partial charge in [0, 0.05) is 31.4 Å². The molecular formula is C20H24BN5O6. The lowest BCUT2D eigenvalue weighted by molar-refractivity contribution is -0.120. The van der Waals surface area contributed by atoms with Gasteiger partial charge in [-0.25, -0.2) is 9.48 Å². The minimum atomic E-state index is -1.30. The number of carboxylic acid groups (broad SMARTS) is 1. The first-order chi connectivity index (χ1) is 15.3. The van der Waals surface area contributed by atoms with Gasteiger partial charge >= 0.3 is 13.1 Å². The molecule has 0 unspecified atom stereocenters. The lowest BCUT2D eigenvalue weighted by atomic mass is 9.64. The Kier molecular flexibility index (Phi) is 6.24. The number of carbonyl (C=O) groups is 3. The number of nitrogens with zero attached hydrogens (tertiary/aromatic N) is 4. The summed E-state index contributed by atoms with van der Waals surface area (Å²) in [6.45, 7) is 1.03. The van der Waals surface area contributed by atoms with Crippen LogP contribution in [-0.4, -0.2) is 73.9 Å². The minimum Gasteiger partial charge on any atom is -0.535 e. The maximum atomic E-state index is 12.6. The molecule has 4 N–H and O–H groups in total. The number of amides is 1. The molecule has 2 aliphatic rings. The summed E-state index contributed by atoms with van der Waals surface area (Å²) < 4.78 is 6.73. The van der Waals surface area contributed by atoms with Crippen LogP contribution in [0, 0.1) is 0 Å². The number of Topliss-reactive ketones (excluding diaryl/α,β-unsaturated/α-hetero) is 1. The SMILES string of the molecule is NC1CCN(C(=O)c2cn(CC(=O)C[C@H]3Cc4cccc(C(=O)O)c4OB3O)nn2)CC1. The molecule has 1 amide bonds. The van der Waals surface area contributed by atoms with E-state index in [4.69, 9.17) is 10.4 Å². The van der Waals surface area contributed by atoms with Gasteiger partial charge in [0.05, 0.1) is 11.8 Å². The first-order valence-electron chi connectivity index (χ1n) is 10.5. The standard InChI is InChI=1S/C20H24BN5O6/c22-14-4-6-25(7-5-14)19(28)17-11-26(24-23-17)10-15(27)9-13-8-12-2-1-3-16(20(29)30)18(12)32-21(13)31/h1-3,11,13-14,31H,4-10,22H2,(H,29,30)/t13-/m1/s1. The Morgan fingerprint density at radius 2 is 2.00 bits per heavy atom.